The van der Waals surface area contributed by atoms with Crippen LogP contribution < -0.4 is 0 Å². The molecule has 0 saturated carbocycles. The number of hydrogen-bond acceptors (Lipinski definition) is 32. The van der Waals surface area contributed by atoms with Gasteiger partial charge in [0, 0.05) is 27.1 Å². The summed E-state index contributed by atoms with van der Waals surface area (Å²) in [6, 6.07) is 0. The Balaban J connectivity index is 0.715. The van der Waals surface area contributed by atoms with Crippen LogP contribution in [0.15, 0.2) is 0 Å². The van der Waals surface area contributed by atoms with Crippen LogP contribution in [0, 0.1) is 12.8 Å². The molecule has 2 spiro atoms. The molecule has 32 nitrogen and oxygen atoms in total. The Bertz CT molecular complexity index is 2820. The van der Waals surface area contributed by atoms with E-state index in [2.05, 4.69) is 0 Å². The topological polar surface area (TPSA) is 407 Å². The highest BCUT2D eigenvalue weighted by Gasteiger charge is 2.73. The van der Waals surface area contributed by atoms with E-state index >= 15 is 0 Å². The first kappa shape index (κ1) is 71.3. The summed E-state index contributed by atoms with van der Waals surface area (Å²) in [4.78, 5) is 39.5. The second kappa shape index (κ2) is 27.3. The van der Waals surface area contributed by atoms with Crippen LogP contribution in [0.4, 0.5) is 0 Å². The average Bonchev–Trinajstić information content (AvgIpc) is 1.59. The Morgan fingerprint density at radius 2 is 1.32 bits per heavy atom. The number of Topliss-reactive ketones (excluding diaryl/α,β-unsaturated/α-hetero) is 1. The van der Waals surface area contributed by atoms with Crippen LogP contribution in [0.25, 0.3) is 0 Å². The van der Waals surface area contributed by atoms with Crippen molar-refractivity contribution in [3.8, 4) is 11.5 Å². The van der Waals surface area contributed by atoms with Gasteiger partial charge in [0.05, 0.1) is 73.3 Å². The van der Waals surface area contributed by atoms with Crippen LogP contribution >= 0.6 is 23.2 Å². The van der Waals surface area contributed by atoms with Gasteiger partial charge in [0.2, 0.25) is 6.29 Å². The summed E-state index contributed by atoms with van der Waals surface area (Å²) in [5.41, 5.74) is -3.78. The molecule has 34 heteroatoms. The number of aromatic hydroxyl groups is 2. The van der Waals surface area contributed by atoms with E-state index in [-0.39, 0.29) is 49.9 Å². The van der Waals surface area contributed by atoms with E-state index < -0.39 is 235 Å². The first-order valence-corrected chi connectivity index (χ1v) is 31.7. The fourth-order valence-electron chi connectivity index (χ4n) is 14.1. The van der Waals surface area contributed by atoms with E-state index in [1.165, 1.54) is 41.9 Å². The quantitative estimate of drug-likeness (QED) is 0.102. The van der Waals surface area contributed by atoms with E-state index in [1.807, 2.05) is 0 Å². The van der Waals surface area contributed by atoms with Gasteiger partial charge in [0.1, 0.15) is 96.2 Å². The largest absolute Gasteiger partial charge is 0.505 e. The standard InChI is InChI=1S/C59H84Cl2O32/c1-19(2)51(70)85-47-45-30(90-59(91-45)50-49(76-18-77-50)58(72,25(8)62)26(9)89-59)17-75-55(47)87-53-39(68)38(67)44(29(81-53)16-73-11)86-54-40(69)46(43(74-12)22(5)80-54)83-32-15-56(10)48(24(7)79-32)92-57(93-56)14-28(64)42(23(6)88-57)82-31-13-27(63)41(21(4)78-31)84-52(71)33-20(3)34(60)37(66)35(61)36(33)65/h19,21-24,26-32,38-50,53-55,63-69,72H,13-18H2,1-12H3/t21-,22-,23-,24-,26-,27-,28-,29-,30+,31+,32+,38-,39+,40-,41-,42-,43+,44-,45-,46-,47-,48-,49-,50-,53+,54+,55+,56-,57?,58+,59-/m1/s1. The molecule has 93 heavy (non-hydrogen) atoms. The van der Waals surface area contributed by atoms with Crippen LogP contribution in [0.1, 0.15) is 97.5 Å². The smallest absolute Gasteiger partial charge is 0.342 e. The number of halogens is 2. The second-order valence-electron chi connectivity index (χ2n) is 25.8. The van der Waals surface area contributed by atoms with Gasteiger partial charge in [-0.3, -0.25) is 9.59 Å². The average molecular weight is 1380 g/mol. The Kier molecular flexibility index (Phi) is 20.9. The van der Waals surface area contributed by atoms with E-state index in [0.717, 1.165) is 0 Å². The van der Waals surface area contributed by atoms with Crippen LogP contribution in [-0.2, 0) is 109 Å². The predicted octanol–water partition coefficient (Wildman–Crippen LogP) is 0.0949. The highest BCUT2D eigenvalue weighted by molar-refractivity contribution is 6.39. The SMILES string of the molecule is COC[C@H]1O[C@@H](O[C@@H]2OC[C@@H]3O[C@]4(O[C@H]3[C@H]2OC(=O)C(C)C)O[C@H](C)[C@@](O)(C(C)=O)[C@@H]2OCO[C@H]24)[C@@H](O)[C@@H](O)[C@@H]1O[C@@H]1O[C@H](C)[C@H](OC)[C@H](O[C@H]2C[C@@]3(C)OC4(C[C@@H](O)[C@H](O[C@H]5C[C@@H](O)[C@H](OC(=O)c6c(C)c(Cl)c(O)c(Cl)c6O)[C@@H](C)O5)[C@@H](C)O4)O[C@@H]3[C@@H](C)O2)[C@H]1O. The van der Waals surface area contributed by atoms with Crippen LogP contribution in [0.3, 0.4) is 0 Å². The molecule has 0 aromatic heterocycles. The van der Waals surface area contributed by atoms with Crippen molar-refractivity contribution in [3.05, 3.63) is 21.2 Å². The third-order valence-electron chi connectivity index (χ3n) is 19.0. The molecule has 10 aliphatic heterocycles. The number of phenols is 2. The highest BCUT2D eigenvalue weighted by Crippen LogP contribution is 2.53. The number of aliphatic hydroxyl groups is 6. The van der Waals surface area contributed by atoms with E-state index in [4.69, 9.17) is 123 Å². The van der Waals surface area contributed by atoms with E-state index in [9.17, 15) is 55.2 Å². The number of fused-ring (bicyclic) bond motifs is 4. The molecule has 0 amide bonds. The van der Waals surface area contributed by atoms with Gasteiger partial charge >= 0.3 is 17.9 Å². The Hall–Kier alpha value is -2.99. The molecule has 0 radical (unpaired) electrons. The van der Waals surface area contributed by atoms with Crippen LogP contribution in [-0.4, -0.2) is 282 Å². The molecule has 1 aromatic rings. The first-order valence-electron chi connectivity index (χ1n) is 30.9. The predicted molar refractivity (Wildman–Crippen MR) is 303 cm³/mol. The second-order valence-corrected chi connectivity index (χ2v) is 26.6. The number of rotatable bonds is 16. The van der Waals surface area contributed by atoms with Crippen molar-refractivity contribution >= 4 is 40.9 Å². The molecule has 10 fully saturated rings. The van der Waals surface area contributed by atoms with E-state index in [1.54, 1.807) is 41.5 Å². The lowest BCUT2D eigenvalue weighted by Crippen LogP contribution is -2.72. The maximum absolute atomic E-state index is 13.4. The molecular weight excluding hydrogens is 1290 g/mol. The summed E-state index contributed by atoms with van der Waals surface area (Å²) in [7, 11) is 2.74. The van der Waals surface area contributed by atoms with E-state index in [0.29, 0.717) is 0 Å². The molecule has 1 unspecified atom stereocenters. The van der Waals surface area contributed by atoms with Gasteiger partial charge in [-0.1, -0.05) is 37.0 Å². The van der Waals surface area contributed by atoms with Crippen molar-refractivity contribution in [2.24, 2.45) is 5.92 Å². The summed E-state index contributed by atoms with van der Waals surface area (Å²) in [5, 5.41) is 90.3. The van der Waals surface area contributed by atoms with Gasteiger partial charge in [-0.05, 0) is 61.0 Å². The minimum absolute atomic E-state index is 0.0100. The Morgan fingerprint density at radius 3 is 1.99 bits per heavy atom. The zero-order chi connectivity index (χ0) is 67.5. The normalized spacial score (nSPS) is 48.1. The molecule has 0 aliphatic carbocycles. The fraction of sp³-hybridized carbons (Fsp3) is 0.847. The molecule has 11 rings (SSSR count). The van der Waals surface area contributed by atoms with Crippen LogP contribution in [0.2, 0.25) is 10.0 Å². The van der Waals surface area contributed by atoms with Gasteiger partial charge in [-0.25, -0.2) is 4.79 Å². The molecule has 0 bridgehead atoms. The lowest BCUT2D eigenvalue weighted by atomic mass is 9.81. The number of aliphatic hydroxyl groups excluding tert-OH is 5. The summed E-state index contributed by atoms with van der Waals surface area (Å²) < 4.78 is 129. The van der Waals surface area contributed by atoms with Gasteiger partial charge in [-0.15, -0.1) is 0 Å². The van der Waals surface area contributed by atoms with Crippen molar-refractivity contribution in [1.29, 1.82) is 0 Å². The monoisotopic (exact) mass is 1370 g/mol. The third-order valence-corrected chi connectivity index (χ3v) is 19.8. The highest BCUT2D eigenvalue weighted by atomic mass is 35.5. The molecule has 10 aliphatic rings. The maximum Gasteiger partial charge on any atom is 0.342 e. The van der Waals surface area contributed by atoms with Gasteiger partial charge < -0.3 is 140 Å². The summed E-state index contributed by atoms with van der Waals surface area (Å²) in [5.74, 6) is -8.42. The van der Waals surface area contributed by atoms with Gasteiger partial charge in [0.25, 0.3) is 5.97 Å². The molecule has 10 saturated heterocycles. The summed E-state index contributed by atoms with van der Waals surface area (Å²) in [6.07, 6.45) is -34.9. The lowest BCUT2D eigenvalue weighted by Gasteiger charge is -2.49. The number of ether oxygens (including phenoxy) is 21. The number of phenolic OH excluding ortho intramolecular Hbond substituents is 2. The number of carbonyl (C=O) groups is 3. The van der Waals surface area contributed by atoms with Crippen molar-refractivity contribution in [3.63, 3.8) is 0 Å². The zero-order valence-electron chi connectivity index (χ0n) is 53.0. The molecule has 1 aromatic carbocycles. The molecular formula is C59H84Cl2O32. The maximum atomic E-state index is 13.4. The van der Waals surface area contributed by atoms with Gasteiger partial charge in [0.15, 0.2) is 66.4 Å². The van der Waals surface area contributed by atoms with Gasteiger partial charge in [-0.2, -0.15) is 0 Å². The molecule has 10 heterocycles. The fourth-order valence-corrected chi connectivity index (χ4v) is 14.6. The van der Waals surface area contributed by atoms with Crippen molar-refractivity contribution in [1.82, 2.24) is 0 Å². The van der Waals surface area contributed by atoms with Crippen molar-refractivity contribution in [2.75, 3.05) is 34.2 Å². The number of carbonyl (C=O) groups excluding carboxylic acids is 3. The van der Waals surface area contributed by atoms with Crippen LogP contribution in [0.5, 0.6) is 11.5 Å². The van der Waals surface area contributed by atoms with Crippen molar-refractivity contribution < 1.29 is 155 Å². The Morgan fingerprint density at radius 1 is 0.645 bits per heavy atom. The molecule has 31 atom stereocenters. The summed E-state index contributed by atoms with van der Waals surface area (Å²) in [6.45, 7) is 14.5. The number of esters is 2. The minimum Gasteiger partial charge on any atom is -0.505 e. The first-order chi connectivity index (χ1) is 43.8. The minimum atomic E-state index is -2.14. The number of hydrogen-bond donors (Lipinski definition) is 8. The molecule has 8 N–H and O–H groups in total. The Labute approximate surface area is 544 Å². The molecule has 526 valence electrons. The number of methoxy groups -OCH3 is 2. The zero-order valence-corrected chi connectivity index (χ0v) is 54.6. The van der Waals surface area contributed by atoms with Crippen molar-refractivity contribution in [2.45, 2.75) is 277 Å². The summed E-state index contributed by atoms with van der Waals surface area (Å²) >= 11 is 12.1. The number of benzene rings is 1. The third kappa shape index (κ3) is 13.0. The lowest BCUT2D eigenvalue weighted by molar-refractivity contribution is -0.428. The number of ketones is 1.